The van der Waals surface area contributed by atoms with Crippen LogP contribution in [0, 0.1) is 6.92 Å². The number of hydrogen-bond donors (Lipinski definition) is 2. The van der Waals surface area contributed by atoms with Gasteiger partial charge in [-0.25, -0.2) is 0 Å². The van der Waals surface area contributed by atoms with Crippen LogP contribution in [0.1, 0.15) is 26.0 Å². The minimum Gasteiger partial charge on any atom is -0.493 e. The van der Waals surface area contributed by atoms with Gasteiger partial charge in [0.25, 0.3) is 0 Å². The van der Waals surface area contributed by atoms with Crippen LogP contribution < -0.4 is 10.1 Å². The third-order valence-electron chi connectivity index (χ3n) is 2.79. The average molecular weight is 224 g/mol. The fourth-order valence-electron chi connectivity index (χ4n) is 1.37. The second-order valence-electron chi connectivity index (χ2n) is 4.22. The van der Waals surface area contributed by atoms with Crippen molar-refractivity contribution in [3.05, 3.63) is 18.0 Å². The topological polar surface area (TPSA) is 54.4 Å². The van der Waals surface area contributed by atoms with E-state index in [1.54, 1.807) is 13.3 Å². The monoisotopic (exact) mass is 224 g/mol. The molecule has 90 valence electrons. The molecule has 0 bridgehead atoms. The molecule has 1 aromatic heterocycles. The van der Waals surface area contributed by atoms with Crippen LogP contribution in [0.2, 0.25) is 0 Å². The molecule has 1 aromatic rings. The van der Waals surface area contributed by atoms with Crippen molar-refractivity contribution in [2.45, 2.75) is 32.7 Å². The lowest BCUT2D eigenvalue weighted by atomic mass is 10.00. The third kappa shape index (κ3) is 2.85. The van der Waals surface area contributed by atoms with Crippen molar-refractivity contribution in [1.82, 2.24) is 4.98 Å². The second-order valence-corrected chi connectivity index (χ2v) is 4.22. The third-order valence-corrected chi connectivity index (χ3v) is 2.79. The summed E-state index contributed by atoms with van der Waals surface area (Å²) in [7, 11) is 1.61. The summed E-state index contributed by atoms with van der Waals surface area (Å²) in [6.45, 7) is 6.01. The Morgan fingerprint density at radius 3 is 2.75 bits per heavy atom. The summed E-state index contributed by atoms with van der Waals surface area (Å²) >= 11 is 0. The maximum absolute atomic E-state index is 9.36. The van der Waals surface area contributed by atoms with Gasteiger partial charge in [-0.05, 0) is 26.3 Å². The van der Waals surface area contributed by atoms with Crippen molar-refractivity contribution in [3.8, 4) is 5.75 Å². The Hall–Kier alpha value is -1.29. The number of methoxy groups -OCH3 is 1. The number of aryl methyl sites for hydroxylation is 1. The highest BCUT2D eigenvalue weighted by molar-refractivity contribution is 5.57. The summed E-state index contributed by atoms with van der Waals surface area (Å²) < 4.78 is 5.23. The van der Waals surface area contributed by atoms with Crippen LogP contribution in [0.25, 0.3) is 0 Å². The van der Waals surface area contributed by atoms with E-state index in [0.29, 0.717) is 5.75 Å². The standard InChI is InChI=1S/C12H20N2O2/c1-5-12(3,8-15)14-10-6-9(2)13-7-11(10)16-4/h6-7,15H,5,8H2,1-4H3,(H,13,14). The minimum absolute atomic E-state index is 0.0774. The molecular formula is C12H20N2O2. The molecule has 2 N–H and O–H groups in total. The lowest BCUT2D eigenvalue weighted by Crippen LogP contribution is -2.38. The first-order valence-electron chi connectivity index (χ1n) is 5.44. The van der Waals surface area contributed by atoms with Crippen molar-refractivity contribution < 1.29 is 9.84 Å². The summed E-state index contributed by atoms with van der Waals surface area (Å²) in [6.07, 6.45) is 2.51. The average Bonchev–Trinajstić information content (AvgIpc) is 2.29. The lowest BCUT2D eigenvalue weighted by molar-refractivity contribution is 0.218. The minimum atomic E-state index is -0.332. The Labute approximate surface area is 96.7 Å². The Balaban J connectivity index is 2.98. The Morgan fingerprint density at radius 2 is 2.25 bits per heavy atom. The Morgan fingerprint density at radius 1 is 1.56 bits per heavy atom. The predicted octanol–water partition coefficient (Wildman–Crippen LogP) is 1.97. The molecule has 0 radical (unpaired) electrons. The van der Waals surface area contributed by atoms with Gasteiger partial charge in [0.1, 0.15) is 0 Å². The molecule has 1 rings (SSSR count). The van der Waals surface area contributed by atoms with Gasteiger partial charge in [-0.1, -0.05) is 6.92 Å². The highest BCUT2D eigenvalue weighted by Gasteiger charge is 2.22. The number of hydrogen-bond acceptors (Lipinski definition) is 4. The van der Waals surface area contributed by atoms with E-state index in [1.807, 2.05) is 26.8 Å². The summed E-state index contributed by atoms with van der Waals surface area (Å²) in [4.78, 5) is 4.16. The first-order chi connectivity index (χ1) is 7.54. The molecule has 16 heavy (non-hydrogen) atoms. The number of nitrogens with one attached hydrogen (secondary N) is 1. The molecule has 0 aliphatic carbocycles. The zero-order valence-corrected chi connectivity index (χ0v) is 10.4. The molecule has 0 saturated carbocycles. The number of pyridine rings is 1. The molecule has 0 amide bonds. The van der Waals surface area contributed by atoms with E-state index < -0.39 is 0 Å². The second kappa shape index (κ2) is 5.16. The van der Waals surface area contributed by atoms with Crippen LogP contribution >= 0.6 is 0 Å². The molecule has 4 nitrogen and oxygen atoms in total. The SMILES string of the molecule is CCC(C)(CO)Nc1cc(C)ncc1OC. The van der Waals surface area contributed by atoms with Crippen molar-refractivity contribution in [3.63, 3.8) is 0 Å². The number of rotatable bonds is 5. The van der Waals surface area contributed by atoms with Gasteiger partial charge in [-0.2, -0.15) is 0 Å². The fraction of sp³-hybridized carbons (Fsp3) is 0.583. The van der Waals surface area contributed by atoms with E-state index in [9.17, 15) is 5.11 Å². The van der Waals surface area contributed by atoms with Gasteiger partial charge in [0.15, 0.2) is 5.75 Å². The van der Waals surface area contributed by atoms with E-state index in [-0.39, 0.29) is 12.1 Å². The number of aromatic nitrogens is 1. The van der Waals surface area contributed by atoms with Crippen LogP contribution in [-0.4, -0.2) is 29.3 Å². The Kier molecular flexibility index (Phi) is 4.12. The first-order valence-corrected chi connectivity index (χ1v) is 5.44. The van der Waals surface area contributed by atoms with Gasteiger partial charge in [-0.15, -0.1) is 0 Å². The summed E-state index contributed by atoms with van der Waals surface area (Å²) in [6, 6.07) is 1.92. The zero-order valence-electron chi connectivity index (χ0n) is 10.4. The molecule has 0 spiro atoms. The van der Waals surface area contributed by atoms with Gasteiger partial charge < -0.3 is 15.2 Å². The lowest BCUT2D eigenvalue weighted by Gasteiger charge is -2.29. The van der Waals surface area contributed by atoms with Crippen molar-refractivity contribution in [1.29, 1.82) is 0 Å². The van der Waals surface area contributed by atoms with Crippen LogP contribution in [0.4, 0.5) is 5.69 Å². The molecule has 1 heterocycles. The molecule has 1 atom stereocenters. The maximum atomic E-state index is 9.36. The smallest absolute Gasteiger partial charge is 0.160 e. The van der Waals surface area contributed by atoms with E-state index in [0.717, 1.165) is 17.8 Å². The molecule has 1 unspecified atom stereocenters. The summed E-state index contributed by atoms with van der Waals surface area (Å²) in [5.74, 6) is 0.693. The fourth-order valence-corrected chi connectivity index (χ4v) is 1.37. The molecular weight excluding hydrogens is 204 g/mol. The first kappa shape index (κ1) is 12.8. The highest BCUT2D eigenvalue weighted by atomic mass is 16.5. The normalized spacial score (nSPS) is 14.3. The van der Waals surface area contributed by atoms with Crippen LogP contribution in [-0.2, 0) is 0 Å². The molecule has 0 aliphatic rings. The number of nitrogens with zero attached hydrogens (tertiary/aromatic N) is 1. The molecule has 4 heteroatoms. The molecule has 0 aliphatic heterocycles. The van der Waals surface area contributed by atoms with Crippen molar-refractivity contribution in [2.75, 3.05) is 19.0 Å². The van der Waals surface area contributed by atoms with Gasteiger partial charge in [0, 0.05) is 5.69 Å². The molecule has 0 saturated heterocycles. The van der Waals surface area contributed by atoms with Crippen molar-refractivity contribution in [2.24, 2.45) is 0 Å². The van der Waals surface area contributed by atoms with E-state index in [4.69, 9.17) is 4.74 Å². The summed E-state index contributed by atoms with van der Waals surface area (Å²) in [5, 5.41) is 12.7. The molecule has 0 fully saturated rings. The van der Waals surface area contributed by atoms with Crippen LogP contribution in [0.15, 0.2) is 12.3 Å². The van der Waals surface area contributed by atoms with E-state index >= 15 is 0 Å². The quantitative estimate of drug-likeness (QED) is 0.803. The number of anilines is 1. The largest absolute Gasteiger partial charge is 0.493 e. The van der Waals surface area contributed by atoms with Gasteiger partial charge >= 0.3 is 0 Å². The maximum Gasteiger partial charge on any atom is 0.160 e. The number of ether oxygens (including phenoxy) is 1. The van der Waals surface area contributed by atoms with Crippen molar-refractivity contribution >= 4 is 5.69 Å². The van der Waals surface area contributed by atoms with E-state index in [2.05, 4.69) is 10.3 Å². The van der Waals surface area contributed by atoms with Gasteiger partial charge in [-0.3, -0.25) is 4.98 Å². The van der Waals surface area contributed by atoms with Crippen LogP contribution in [0.3, 0.4) is 0 Å². The van der Waals surface area contributed by atoms with Gasteiger partial charge in [0.05, 0.1) is 31.1 Å². The number of aliphatic hydroxyl groups is 1. The van der Waals surface area contributed by atoms with Gasteiger partial charge in [0.2, 0.25) is 0 Å². The predicted molar refractivity (Wildman–Crippen MR) is 64.9 cm³/mol. The molecule has 0 aromatic carbocycles. The van der Waals surface area contributed by atoms with E-state index in [1.165, 1.54) is 0 Å². The summed E-state index contributed by atoms with van der Waals surface area (Å²) in [5.41, 5.74) is 1.45. The zero-order chi connectivity index (χ0) is 12.2. The highest BCUT2D eigenvalue weighted by Crippen LogP contribution is 2.27. The van der Waals surface area contributed by atoms with Crippen LogP contribution in [0.5, 0.6) is 5.75 Å². The number of aliphatic hydroxyl groups excluding tert-OH is 1. The Bertz CT molecular complexity index is 349.